The van der Waals surface area contributed by atoms with Crippen LogP contribution in [-0.4, -0.2) is 16.5 Å². The van der Waals surface area contributed by atoms with E-state index in [-0.39, 0.29) is 5.56 Å². The highest BCUT2D eigenvalue weighted by molar-refractivity contribution is 7.15. The van der Waals surface area contributed by atoms with E-state index in [1.54, 1.807) is 11.5 Å². The molecule has 3 aromatic carbocycles. The molecule has 5 nitrogen and oxygen atoms in total. The van der Waals surface area contributed by atoms with Crippen molar-refractivity contribution in [3.05, 3.63) is 97.8 Å². The molecule has 0 spiro atoms. The van der Waals surface area contributed by atoms with Crippen molar-refractivity contribution >= 4 is 45.0 Å². The molecule has 2 aromatic heterocycles. The highest BCUT2D eigenvalue weighted by Crippen LogP contribution is 2.30. The van der Waals surface area contributed by atoms with E-state index in [1.807, 2.05) is 72.8 Å². The second-order valence-electron chi connectivity index (χ2n) is 6.92. The fourth-order valence-electron chi connectivity index (χ4n) is 3.43. The Labute approximate surface area is 186 Å². The van der Waals surface area contributed by atoms with Crippen LogP contribution in [0.15, 0.2) is 71.5 Å². The van der Waals surface area contributed by atoms with Gasteiger partial charge in [-0.25, -0.2) is 9.38 Å². The quantitative estimate of drug-likeness (QED) is 0.391. The van der Waals surface area contributed by atoms with Crippen LogP contribution in [0.2, 0.25) is 5.02 Å². The summed E-state index contributed by atoms with van der Waals surface area (Å²) in [6, 6.07) is 20.8. The molecule has 2 heterocycles. The van der Waals surface area contributed by atoms with Crippen molar-refractivity contribution in [2.24, 2.45) is 0 Å². The number of halogens is 1. The summed E-state index contributed by atoms with van der Waals surface area (Å²) in [5.41, 5.74) is 3.30. The summed E-state index contributed by atoms with van der Waals surface area (Å²) < 4.78 is 13.7. The van der Waals surface area contributed by atoms with Gasteiger partial charge in [0, 0.05) is 10.6 Å². The third-order valence-electron chi connectivity index (χ3n) is 4.97. The van der Waals surface area contributed by atoms with Crippen molar-refractivity contribution in [3.63, 3.8) is 0 Å². The first kappa shape index (κ1) is 19.6. The molecule has 0 fully saturated rings. The monoisotopic (exact) mass is 448 g/mol. The summed E-state index contributed by atoms with van der Waals surface area (Å²) in [6.07, 6.45) is 1.84. The largest absolute Gasteiger partial charge is 0.493 e. The lowest BCUT2D eigenvalue weighted by Crippen LogP contribution is -2.22. The van der Waals surface area contributed by atoms with E-state index in [0.29, 0.717) is 32.6 Å². The Morgan fingerprint density at radius 1 is 1.06 bits per heavy atom. The molecule has 31 heavy (non-hydrogen) atoms. The second-order valence-corrected chi connectivity index (χ2v) is 8.34. The van der Waals surface area contributed by atoms with Crippen LogP contribution in [0, 0.1) is 0 Å². The maximum absolute atomic E-state index is 13.0. The average Bonchev–Trinajstić information content (AvgIpc) is 3.29. The van der Waals surface area contributed by atoms with Gasteiger partial charge in [-0.3, -0.25) is 4.79 Å². The minimum absolute atomic E-state index is 0.0771. The smallest absolute Gasteiger partial charge is 0.274 e. The van der Waals surface area contributed by atoms with Crippen LogP contribution in [0.5, 0.6) is 11.5 Å². The molecule has 0 unspecified atom stereocenters. The van der Waals surface area contributed by atoms with Crippen molar-refractivity contribution in [3.8, 4) is 11.5 Å². The van der Waals surface area contributed by atoms with E-state index in [4.69, 9.17) is 21.1 Å². The predicted molar refractivity (Wildman–Crippen MR) is 124 cm³/mol. The SMILES string of the molecule is COc1cc(/C=c2/sc3nc4ccccc4n3c2=O)ccc1OCc1ccccc1Cl. The average molecular weight is 449 g/mol. The molecule has 0 N–H and O–H groups in total. The number of hydrogen-bond donors (Lipinski definition) is 0. The minimum atomic E-state index is -0.0771. The van der Waals surface area contributed by atoms with Gasteiger partial charge in [-0.2, -0.15) is 0 Å². The molecule has 5 aromatic rings. The van der Waals surface area contributed by atoms with E-state index < -0.39 is 0 Å². The van der Waals surface area contributed by atoms with E-state index >= 15 is 0 Å². The van der Waals surface area contributed by atoms with Gasteiger partial charge in [-0.15, -0.1) is 0 Å². The van der Waals surface area contributed by atoms with Crippen LogP contribution in [0.1, 0.15) is 11.1 Å². The second kappa shape index (κ2) is 8.06. The fourth-order valence-corrected chi connectivity index (χ4v) is 4.60. The van der Waals surface area contributed by atoms with E-state index in [9.17, 15) is 4.79 Å². The third kappa shape index (κ3) is 3.65. The number of aromatic nitrogens is 2. The number of imidazole rings is 1. The Bertz CT molecular complexity index is 1520. The maximum atomic E-state index is 13.0. The number of ether oxygens (including phenoxy) is 2. The summed E-state index contributed by atoms with van der Waals surface area (Å²) >= 11 is 7.57. The summed E-state index contributed by atoms with van der Waals surface area (Å²) in [5, 5.41) is 0.657. The molecule has 0 radical (unpaired) electrons. The first-order valence-electron chi connectivity index (χ1n) is 9.60. The molecule has 7 heteroatoms. The topological polar surface area (TPSA) is 52.8 Å². The number of hydrogen-bond acceptors (Lipinski definition) is 5. The number of nitrogens with zero attached hydrogens (tertiary/aromatic N) is 2. The van der Waals surface area contributed by atoms with Crippen LogP contribution in [-0.2, 0) is 6.61 Å². The molecule has 0 aliphatic rings. The Morgan fingerprint density at radius 2 is 1.87 bits per heavy atom. The first-order chi connectivity index (χ1) is 15.1. The lowest BCUT2D eigenvalue weighted by atomic mass is 10.2. The normalized spacial score (nSPS) is 12.0. The summed E-state index contributed by atoms with van der Waals surface area (Å²) in [6.45, 7) is 0.332. The molecule has 0 aliphatic heterocycles. The standard InChI is InChI=1S/C24H17ClN2O3S/c1-29-21-12-15(10-11-20(21)30-14-16-6-2-3-7-17(16)25)13-22-23(28)27-19-9-5-4-8-18(19)26-24(27)31-22/h2-13H,14H2,1H3/b22-13+. The van der Waals surface area contributed by atoms with Gasteiger partial charge in [0.1, 0.15) is 6.61 Å². The molecule has 0 atom stereocenters. The van der Waals surface area contributed by atoms with E-state index in [1.165, 1.54) is 11.3 Å². The fraction of sp³-hybridized carbons (Fsp3) is 0.0833. The molecular weight excluding hydrogens is 432 g/mol. The molecule has 0 amide bonds. The lowest BCUT2D eigenvalue weighted by Gasteiger charge is -2.12. The van der Waals surface area contributed by atoms with Gasteiger partial charge in [-0.1, -0.05) is 59.3 Å². The first-order valence-corrected chi connectivity index (χ1v) is 10.8. The van der Waals surface area contributed by atoms with Gasteiger partial charge in [0.25, 0.3) is 5.56 Å². The molecule has 154 valence electrons. The van der Waals surface area contributed by atoms with E-state index in [0.717, 1.165) is 22.2 Å². The maximum Gasteiger partial charge on any atom is 0.274 e. The highest BCUT2D eigenvalue weighted by Gasteiger charge is 2.11. The Hall–Kier alpha value is -3.35. The lowest BCUT2D eigenvalue weighted by molar-refractivity contribution is 0.284. The van der Waals surface area contributed by atoms with Gasteiger partial charge >= 0.3 is 0 Å². The number of rotatable bonds is 5. The number of fused-ring (bicyclic) bond motifs is 3. The van der Waals surface area contributed by atoms with Gasteiger partial charge in [0.05, 0.1) is 22.7 Å². The number of thiazole rings is 1. The molecule has 0 saturated carbocycles. The summed E-state index contributed by atoms with van der Waals surface area (Å²) in [5.74, 6) is 1.19. The molecule has 5 rings (SSSR count). The zero-order valence-corrected chi connectivity index (χ0v) is 18.1. The van der Waals surface area contributed by atoms with Crippen molar-refractivity contribution in [1.82, 2.24) is 9.38 Å². The minimum Gasteiger partial charge on any atom is -0.493 e. The van der Waals surface area contributed by atoms with Crippen molar-refractivity contribution in [1.29, 1.82) is 0 Å². The van der Waals surface area contributed by atoms with Crippen LogP contribution >= 0.6 is 22.9 Å². The third-order valence-corrected chi connectivity index (χ3v) is 6.31. The van der Waals surface area contributed by atoms with Gasteiger partial charge in [-0.05, 0) is 42.0 Å². The van der Waals surface area contributed by atoms with Gasteiger partial charge < -0.3 is 9.47 Å². The highest BCUT2D eigenvalue weighted by atomic mass is 35.5. The van der Waals surface area contributed by atoms with E-state index in [2.05, 4.69) is 4.98 Å². The van der Waals surface area contributed by atoms with Crippen LogP contribution < -0.4 is 19.6 Å². The van der Waals surface area contributed by atoms with Crippen LogP contribution in [0.25, 0.3) is 22.1 Å². The number of para-hydroxylation sites is 2. The zero-order chi connectivity index (χ0) is 21.4. The molecule has 0 saturated heterocycles. The van der Waals surface area contributed by atoms with Crippen LogP contribution in [0.4, 0.5) is 0 Å². The molecule has 0 bridgehead atoms. The number of benzene rings is 3. The van der Waals surface area contributed by atoms with Crippen LogP contribution in [0.3, 0.4) is 0 Å². The molecule has 0 aliphatic carbocycles. The van der Waals surface area contributed by atoms with Gasteiger partial charge in [0.2, 0.25) is 0 Å². The van der Waals surface area contributed by atoms with Crippen molar-refractivity contribution in [2.45, 2.75) is 6.61 Å². The Morgan fingerprint density at radius 3 is 2.71 bits per heavy atom. The summed E-state index contributed by atoms with van der Waals surface area (Å²) in [4.78, 5) is 18.2. The predicted octanol–water partition coefficient (Wildman–Crippen LogP) is 4.70. The van der Waals surface area contributed by atoms with Gasteiger partial charge in [0.15, 0.2) is 16.5 Å². The zero-order valence-electron chi connectivity index (χ0n) is 16.5. The number of methoxy groups -OCH3 is 1. The van der Waals surface area contributed by atoms with Crippen molar-refractivity contribution in [2.75, 3.05) is 7.11 Å². The Balaban J connectivity index is 1.48. The summed E-state index contributed by atoms with van der Waals surface area (Å²) in [7, 11) is 1.59. The Kier molecular flexibility index (Phi) is 5.10. The molecular formula is C24H17ClN2O3S. The van der Waals surface area contributed by atoms with Crippen molar-refractivity contribution < 1.29 is 9.47 Å².